The minimum Gasteiger partial charge on any atom is -0.494 e. The van der Waals surface area contributed by atoms with Crippen LogP contribution in [0, 0.1) is 5.82 Å². The van der Waals surface area contributed by atoms with Crippen LogP contribution in [0.25, 0.3) is 0 Å². The summed E-state index contributed by atoms with van der Waals surface area (Å²) in [5.41, 5.74) is 1.10. The zero-order valence-corrected chi connectivity index (χ0v) is 12.3. The van der Waals surface area contributed by atoms with E-state index in [4.69, 9.17) is 4.74 Å². The van der Waals surface area contributed by atoms with Gasteiger partial charge in [-0.25, -0.2) is 4.39 Å². The summed E-state index contributed by atoms with van der Waals surface area (Å²) >= 11 is 0. The standard InChI is InChI=1S/C15H25FN2O/c1-15(2,3)18-9-5-8-17-11-12-6-7-14(19-4)13(16)10-12/h6-7,10,17-18H,5,8-9,11H2,1-4H3. The van der Waals surface area contributed by atoms with E-state index >= 15 is 0 Å². The summed E-state index contributed by atoms with van der Waals surface area (Å²) in [5, 5.41) is 6.73. The number of benzene rings is 1. The summed E-state index contributed by atoms with van der Waals surface area (Å²) in [5.74, 6) is -0.0191. The molecule has 0 heterocycles. The van der Waals surface area contributed by atoms with E-state index in [9.17, 15) is 4.39 Å². The molecule has 0 bridgehead atoms. The fourth-order valence-corrected chi connectivity index (χ4v) is 1.73. The van der Waals surface area contributed by atoms with Crippen molar-refractivity contribution in [2.45, 2.75) is 39.3 Å². The van der Waals surface area contributed by atoms with Gasteiger partial charge in [0, 0.05) is 12.1 Å². The fraction of sp³-hybridized carbons (Fsp3) is 0.600. The number of ether oxygens (including phenoxy) is 1. The van der Waals surface area contributed by atoms with Crippen LogP contribution in [0.5, 0.6) is 5.75 Å². The van der Waals surface area contributed by atoms with Gasteiger partial charge in [0.25, 0.3) is 0 Å². The number of rotatable bonds is 7. The van der Waals surface area contributed by atoms with Gasteiger partial charge in [-0.2, -0.15) is 0 Å². The lowest BCUT2D eigenvalue weighted by Crippen LogP contribution is -2.37. The molecule has 4 heteroatoms. The van der Waals surface area contributed by atoms with E-state index < -0.39 is 0 Å². The SMILES string of the molecule is COc1ccc(CNCCCNC(C)(C)C)cc1F. The Morgan fingerprint density at radius 1 is 1.21 bits per heavy atom. The lowest BCUT2D eigenvalue weighted by Gasteiger charge is -2.20. The molecule has 0 amide bonds. The van der Waals surface area contributed by atoms with Crippen LogP contribution in [0.15, 0.2) is 18.2 Å². The van der Waals surface area contributed by atoms with Gasteiger partial charge in [-0.05, 0) is 58.0 Å². The Bertz CT molecular complexity index is 388. The lowest BCUT2D eigenvalue weighted by atomic mass is 10.1. The molecule has 3 nitrogen and oxygen atoms in total. The first kappa shape index (κ1) is 15.9. The number of hydrogen-bond donors (Lipinski definition) is 2. The summed E-state index contributed by atoms with van der Waals surface area (Å²) in [6.07, 6.45) is 1.05. The number of hydrogen-bond acceptors (Lipinski definition) is 3. The van der Waals surface area contributed by atoms with Crippen molar-refractivity contribution in [2.75, 3.05) is 20.2 Å². The highest BCUT2D eigenvalue weighted by molar-refractivity contribution is 5.29. The van der Waals surface area contributed by atoms with Gasteiger partial charge < -0.3 is 15.4 Å². The summed E-state index contributed by atoms with van der Waals surface area (Å²) in [6.45, 7) is 9.03. The third kappa shape index (κ3) is 6.55. The summed E-state index contributed by atoms with van der Waals surface area (Å²) < 4.78 is 18.3. The molecule has 0 aliphatic carbocycles. The second-order valence-electron chi connectivity index (χ2n) is 5.68. The average Bonchev–Trinajstić information content (AvgIpc) is 2.32. The van der Waals surface area contributed by atoms with Crippen molar-refractivity contribution < 1.29 is 9.13 Å². The molecule has 108 valence electrons. The normalized spacial score (nSPS) is 11.6. The van der Waals surface area contributed by atoms with Gasteiger partial charge in [-0.3, -0.25) is 0 Å². The molecule has 0 saturated carbocycles. The van der Waals surface area contributed by atoms with E-state index in [0.29, 0.717) is 6.54 Å². The van der Waals surface area contributed by atoms with E-state index in [1.807, 2.05) is 6.07 Å². The Morgan fingerprint density at radius 2 is 1.95 bits per heavy atom. The van der Waals surface area contributed by atoms with Crippen molar-refractivity contribution in [3.8, 4) is 5.75 Å². The quantitative estimate of drug-likeness (QED) is 0.746. The molecule has 0 saturated heterocycles. The summed E-state index contributed by atoms with van der Waals surface area (Å²) in [7, 11) is 1.47. The molecule has 2 N–H and O–H groups in total. The van der Waals surface area contributed by atoms with Crippen LogP contribution in [-0.2, 0) is 6.54 Å². The van der Waals surface area contributed by atoms with Crippen LogP contribution in [0.3, 0.4) is 0 Å². The van der Waals surface area contributed by atoms with Gasteiger partial charge >= 0.3 is 0 Å². The van der Waals surface area contributed by atoms with Crippen LogP contribution in [0.4, 0.5) is 4.39 Å². The molecule has 0 aliphatic rings. The average molecular weight is 268 g/mol. The molecular formula is C15H25FN2O. The first-order valence-corrected chi connectivity index (χ1v) is 6.70. The monoisotopic (exact) mass is 268 g/mol. The highest BCUT2D eigenvalue weighted by Crippen LogP contribution is 2.17. The molecule has 0 aliphatic heterocycles. The van der Waals surface area contributed by atoms with E-state index in [-0.39, 0.29) is 17.1 Å². The maximum atomic E-state index is 13.4. The molecule has 1 aromatic rings. The number of nitrogens with one attached hydrogen (secondary N) is 2. The molecule has 1 aromatic carbocycles. The Kier molecular flexibility index (Phi) is 6.25. The first-order valence-electron chi connectivity index (χ1n) is 6.70. The van der Waals surface area contributed by atoms with Crippen molar-refractivity contribution >= 4 is 0 Å². The molecule has 0 unspecified atom stereocenters. The smallest absolute Gasteiger partial charge is 0.165 e. The van der Waals surface area contributed by atoms with E-state index in [1.165, 1.54) is 13.2 Å². The number of halogens is 1. The minimum atomic E-state index is -0.309. The van der Waals surface area contributed by atoms with Crippen LogP contribution in [-0.4, -0.2) is 25.7 Å². The van der Waals surface area contributed by atoms with E-state index in [0.717, 1.165) is 25.1 Å². The van der Waals surface area contributed by atoms with Gasteiger partial charge in [0.1, 0.15) is 0 Å². The van der Waals surface area contributed by atoms with Crippen molar-refractivity contribution in [3.05, 3.63) is 29.6 Å². The van der Waals surface area contributed by atoms with Crippen molar-refractivity contribution in [1.29, 1.82) is 0 Å². The van der Waals surface area contributed by atoms with Crippen LogP contribution in [0.1, 0.15) is 32.8 Å². The Labute approximate surface area is 115 Å². The van der Waals surface area contributed by atoms with Gasteiger partial charge in [0.05, 0.1) is 7.11 Å². The Morgan fingerprint density at radius 3 is 2.53 bits per heavy atom. The predicted molar refractivity (Wildman–Crippen MR) is 77.0 cm³/mol. The van der Waals surface area contributed by atoms with Gasteiger partial charge in [-0.15, -0.1) is 0 Å². The molecule has 0 aromatic heterocycles. The predicted octanol–water partition coefficient (Wildman–Crippen LogP) is 2.70. The number of methoxy groups -OCH3 is 1. The van der Waals surface area contributed by atoms with Gasteiger partial charge in [0.2, 0.25) is 0 Å². The van der Waals surface area contributed by atoms with Crippen LogP contribution >= 0.6 is 0 Å². The molecule has 19 heavy (non-hydrogen) atoms. The van der Waals surface area contributed by atoms with Gasteiger partial charge in [-0.1, -0.05) is 6.07 Å². The molecule has 0 atom stereocenters. The zero-order valence-electron chi connectivity index (χ0n) is 12.3. The van der Waals surface area contributed by atoms with Crippen molar-refractivity contribution in [3.63, 3.8) is 0 Å². The second-order valence-corrected chi connectivity index (χ2v) is 5.68. The maximum Gasteiger partial charge on any atom is 0.165 e. The fourth-order valence-electron chi connectivity index (χ4n) is 1.73. The molecule has 0 spiro atoms. The van der Waals surface area contributed by atoms with E-state index in [1.54, 1.807) is 6.07 Å². The van der Waals surface area contributed by atoms with Gasteiger partial charge in [0.15, 0.2) is 11.6 Å². The van der Waals surface area contributed by atoms with E-state index in [2.05, 4.69) is 31.4 Å². The van der Waals surface area contributed by atoms with Crippen molar-refractivity contribution in [1.82, 2.24) is 10.6 Å². The molecule has 0 radical (unpaired) electrons. The highest BCUT2D eigenvalue weighted by atomic mass is 19.1. The third-order valence-corrected chi connectivity index (χ3v) is 2.73. The Hall–Kier alpha value is -1.13. The zero-order chi connectivity index (χ0) is 14.3. The first-order chi connectivity index (χ1) is 8.92. The highest BCUT2D eigenvalue weighted by Gasteiger charge is 2.07. The van der Waals surface area contributed by atoms with Crippen LogP contribution < -0.4 is 15.4 Å². The third-order valence-electron chi connectivity index (χ3n) is 2.73. The summed E-state index contributed by atoms with van der Waals surface area (Å²) in [4.78, 5) is 0. The van der Waals surface area contributed by atoms with Crippen LogP contribution in [0.2, 0.25) is 0 Å². The molecule has 0 fully saturated rings. The maximum absolute atomic E-state index is 13.4. The van der Waals surface area contributed by atoms with Crippen molar-refractivity contribution in [2.24, 2.45) is 0 Å². The lowest BCUT2D eigenvalue weighted by molar-refractivity contribution is 0.386. The topological polar surface area (TPSA) is 33.3 Å². The Balaban J connectivity index is 2.21. The molecular weight excluding hydrogens is 243 g/mol. The molecule has 1 rings (SSSR count). The summed E-state index contributed by atoms with van der Waals surface area (Å²) in [6, 6.07) is 5.05. The largest absolute Gasteiger partial charge is 0.494 e. The minimum absolute atomic E-state index is 0.166. The second kappa shape index (κ2) is 7.46.